The summed E-state index contributed by atoms with van der Waals surface area (Å²) >= 11 is 6.14. The van der Waals surface area contributed by atoms with Crippen molar-refractivity contribution in [2.24, 2.45) is 0 Å². The summed E-state index contributed by atoms with van der Waals surface area (Å²) in [7, 11) is 3.98. The molecule has 0 bridgehead atoms. The molecular formula is C28H29ClN4O2. The molecule has 7 heteroatoms. The maximum atomic E-state index is 13.0. The maximum absolute atomic E-state index is 13.0. The Morgan fingerprint density at radius 2 is 1.69 bits per heavy atom. The Labute approximate surface area is 211 Å². The van der Waals surface area contributed by atoms with Crippen LogP contribution in [0.15, 0.2) is 72.8 Å². The number of carbonyl (C=O) groups is 2. The Bertz CT molecular complexity index is 1250. The van der Waals surface area contributed by atoms with E-state index in [0.29, 0.717) is 34.9 Å². The number of amides is 2. The highest BCUT2D eigenvalue weighted by molar-refractivity contribution is 6.38. The van der Waals surface area contributed by atoms with Gasteiger partial charge in [0.05, 0.1) is 17.0 Å². The van der Waals surface area contributed by atoms with Gasteiger partial charge in [0.2, 0.25) is 5.91 Å². The van der Waals surface area contributed by atoms with Crippen molar-refractivity contribution >= 4 is 51.7 Å². The summed E-state index contributed by atoms with van der Waals surface area (Å²) in [5.74, 6) is -0.105. The normalized spacial score (nSPS) is 13.9. The van der Waals surface area contributed by atoms with E-state index < -0.39 is 0 Å². The monoisotopic (exact) mass is 488 g/mol. The number of likely N-dealkylation sites (N-methyl/N-ethyl adjacent to an activating group) is 1. The van der Waals surface area contributed by atoms with Crippen molar-refractivity contribution in [3.8, 4) is 0 Å². The van der Waals surface area contributed by atoms with Crippen molar-refractivity contribution in [3.05, 3.63) is 88.9 Å². The summed E-state index contributed by atoms with van der Waals surface area (Å²) in [5.41, 5.74) is 5.29. The Morgan fingerprint density at radius 3 is 2.34 bits per heavy atom. The zero-order chi connectivity index (χ0) is 24.9. The van der Waals surface area contributed by atoms with Gasteiger partial charge in [-0.1, -0.05) is 54.9 Å². The van der Waals surface area contributed by atoms with Crippen LogP contribution in [0.3, 0.4) is 0 Å². The lowest BCUT2D eigenvalue weighted by Gasteiger charge is -2.24. The second kappa shape index (κ2) is 10.8. The van der Waals surface area contributed by atoms with Gasteiger partial charge >= 0.3 is 0 Å². The molecule has 3 aromatic rings. The molecule has 2 amide bonds. The standard InChI is InChI=1S/C28H29ClN4O2/c1-4-25(34)33(17-16-32(2)3)22-13-11-21(12-14-22)30-27(19-8-6-5-7-9-19)26-23-15-10-20(29)18-24(23)31-28(26)35/h5-15,18,30H,4,16-17H2,1-3H3,(H,31,35)/b27-26-. The number of nitrogens with one attached hydrogen (secondary N) is 2. The summed E-state index contributed by atoms with van der Waals surface area (Å²) in [6.07, 6.45) is 0.441. The minimum atomic E-state index is -0.186. The molecule has 1 aliphatic rings. The molecule has 180 valence electrons. The lowest BCUT2D eigenvalue weighted by atomic mass is 10.00. The molecule has 0 saturated heterocycles. The van der Waals surface area contributed by atoms with Gasteiger partial charge in [0.15, 0.2) is 0 Å². The van der Waals surface area contributed by atoms with Crippen LogP contribution >= 0.6 is 11.6 Å². The lowest BCUT2D eigenvalue weighted by molar-refractivity contribution is -0.118. The van der Waals surface area contributed by atoms with Gasteiger partial charge in [0, 0.05) is 41.5 Å². The van der Waals surface area contributed by atoms with Crippen LogP contribution in [0.5, 0.6) is 0 Å². The predicted molar refractivity (Wildman–Crippen MR) is 145 cm³/mol. The van der Waals surface area contributed by atoms with Crippen molar-refractivity contribution < 1.29 is 9.59 Å². The second-order valence-corrected chi connectivity index (χ2v) is 9.07. The molecule has 1 heterocycles. The Morgan fingerprint density at radius 1 is 0.971 bits per heavy atom. The second-order valence-electron chi connectivity index (χ2n) is 8.63. The van der Waals surface area contributed by atoms with Gasteiger partial charge in [-0.2, -0.15) is 0 Å². The minimum Gasteiger partial charge on any atom is -0.354 e. The quantitative estimate of drug-likeness (QED) is 0.406. The Hall–Kier alpha value is -3.61. The van der Waals surface area contributed by atoms with Crippen molar-refractivity contribution in [3.63, 3.8) is 0 Å². The molecule has 0 radical (unpaired) electrons. The predicted octanol–water partition coefficient (Wildman–Crippen LogP) is 5.58. The highest BCUT2D eigenvalue weighted by Crippen LogP contribution is 2.38. The third-order valence-corrected chi connectivity index (χ3v) is 6.10. The molecule has 1 aliphatic heterocycles. The van der Waals surface area contributed by atoms with Gasteiger partial charge in [-0.3, -0.25) is 9.59 Å². The first-order valence-corrected chi connectivity index (χ1v) is 12.0. The van der Waals surface area contributed by atoms with E-state index in [1.807, 2.05) is 86.6 Å². The van der Waals surface area contributed by atoms with Crippen LogP contribution in [0.4, 0.5) is 17.1 Å². The number of anilines is 3. The average Bonchev–Trinajstić information content (AvgIpc) is 3.18. The average molecular weight is 489 g/mol. The van der Waals surface area contributed by atoms with E-state index in [0.717, 1.165) is 29.0 Å². The van der Waals surface area contributed by atoms with E-state index >= 15 is 0 Å². The van der Waals surface area contributed by atoms with Gasteiger partial charge in [-0.25, -0.2) is 0 Å². The van der Waals surface area contributed by atoms with Crippen LogP contribution in [0, 0.1) is 0 Å². The van der Waals surface area contributed by atoms with Gasteiger partial charge in [-0.15, -0.1) is 0 Å². The SMILES string of the molecule is CCC(=O)N(CCN(C)C)c1ccc(N/C(=C2\C(=O)Nc3cc(Cl)ccc32)c2ccccc2)cc1. The molecule has 0 aromatic heterocycles. The molecular weight excluding hydrogens is 460 g/mol. The van der Waals surface area contributed by atoms with Crippen LogP contribution in [0.25, 0.3) is 11.3 Å². The van der Waals surface area contributed by atoms with Crippen molar-refractivity contribution in [2.45, 2.75) is 13.3 Å². The molecule has 4 rings (SSSR count). The zero-order valence-corrected chi connectivity index (χ0v) is 20.9. The topological polar surface area (TPSA) is 64.7 Å². The summed E-state index contributed by atoms with van der Waals surface area (Å²) in [6, 6.07) is 22.9. The van der Waals surface area contributed by atoms with Crippen molar-refractivity contribution in [2.75, 3.05) is 42.7 Å². The first kappa shape index (κ1) is 24.5. The molecule has 3 aromatic carbocycles. The van der Waals surface area contributed by atoms with E-state index in [9.17, 15) is 9.59 Å². The summed E-state index contributed by atoms with van der Waals surface area (Å²) < 4.78 is 0. The molecule has 0 spiro atoms. The largest absolute Gasteiger partial charge is 0.354 e. The number of carbonyl (C=O) groups excluding carboxylic acids is 2. The number of halogens is 1. The maximum Gasteiger partial charge on any atom is 0.258 e. The number of hydrogen-bond donors (Lipinski definition) is 2. The van der Waals surface area contributed by atoms with Crippen molar-refractivity contribution in [1.29, 1.82) is 0 Å². The smallest absolute Gasteiger partial charge is 0.258 e. The van der Waals surface area contributed by atoms with E-state index in [2.05, 4.69) is 15.5 Å². The highest BCUT2D eigenvalue weighted by atomic mass is 35.5. The molecule has 0 unspecified atom stereocenters. The summed E-state index contributed by atoms with van der Waals surface area (Å²) in [4.78, 5) is 29.4. The van der Waals surface area contributed by atoms with Crippen LogP contribution in [-0.4, -0.2) is 43.9 Å². The first-order chi connectivity index (χ1) is 16.9. The number of rotatable bonds is 8. The van der Waals surface area contributed by atoms with Crippen LogP contribution in [0.1, 0.15) is 24.5 Å². The lowest BCUT2D eigenvalue weighted by Crippen LogP contribution is -2.36. The minimum absolute atomic E-state index is 0.0811. The number of benzene rings is 3. The summed E-state index contributed by atoms with van der Waals surface area (Å²) in [5, 5.41) is 6.94. The summed E-state index contributed by atoms with van der Waals surface area (Å²) in [6.45, 7) is 3.26. The van der Waals surface area contributed by atoms with Gasteiger partial charge in [0.25, 0.3) is 5.91 Å². The molecule has 0 saturated carbocycles. The van der Waals surface area contributed by atoms with Crippen LogP contribution in [-0.2, 0) is 9.59 Å². The molecule has 2 N–H and O–H groups in total. The third-order valence-electron chi connectivity index (χ3n) is 5.86. The molecule has 35 heavy (non-hydrogen) atoms. The molecule has 0 atom stereocenters. The molecule has 0 fully saturated rings. The van der Waals surface area contributed by atoms with Gasteiger partial charge < -0.3 is 20.4 Å². The first-order valence-electron chi connectivity index (χ1n) is 11.6. The van der Waals surface area contributed by atoms with Gasteiger partial charge in [-0.05, 0) is 56.1 Å². The Balaban J connectivity index is 1.70. The van der Waals surface area contributed by atoms with Crippen molar-refractivity contribution in [1.82, 2.24) is 4.90 Å². The van der Waals surface area contributed by atoms with E-state index in [-0.39, 0.29) is 11.8 Å². The highest BCUT2D eigenvalue weighted by Gasteiger charge is 2.28. The fraction of sp³-hybridized carbons (Fsp3) is 0.214. The number of nitrogens with zero attached hydrogens (tertiary/aromatic N) is 2. The number of fused-ring (bicyclic) bond motifs is 1. The fourth-order valence-corrected chi connectivity index (χ4v) is 4.21. The fourth-order valence-electron chi connectivity index (χ4n) is 4.03. The van der Waals surface area contributed by atoms with Gasteiger partial charge in [0.1, 0.15) is 0 Å². The number of hydrogen-bond acceptors (Lipinski definition) is 4. The molecule has 6 nitrogen and oxygen atoms in total. The van der Waals surface area contributed by atoms with E-state index in [1.54, 1.807) is 12.1 Å². The van der Waals surface area contributed by atoms with E-state index in [1.165, 1.54) is 0 Å². The van der Waals surface area contributed by atoms with Crippen LogP contribution < -0.4 is 15.5 Å². The third kappa shape index (κ3) is 5.56. The van der Waals surface area contributed by atoms with E-state index in [4.69, 9.17) is 11.6 Å². The zero-order valence-electron chi connectivity index (χ0n) is 20.1. The molecule has 0 aliphatic carbocycles. The Kier molecular flexibility index (Phi) is 7.54. The van der Waals surface area contributed by atoms with Crippen LogP contribution in [0.2, 0.25) is 5.02 Å².